The lowest BCUT2D eigenvalue weighted by Crippen LogP contribution is -2.37. The number of ether oxygens (including phenoxy) is 1. The minimum Gasteiger partial charge on any atom is -0.489 e. The second-order valence-electron chi connectivity index (χ2n) is 7.15. The number of imidazole rings is 1. The van der Waals surface area contributed by atoms with Gasteiger partial charge in [0.15, 0.2) is 0 Å². The molecule has 0 bridgehead atoms. The molecule has 0 atom stereocenters. The highest BCUT2D eigenvalue weighted by Crippen LogP contribution is 2.39. The molecular formula is C21H19N5O3S. The van der Waals surface area contributed by atoms with Crippen LogP contribution in [0.5, 0.6) is 5.75 Å². The molecule has 0 aliphatic carbocycles. The van der Waals surface area contributed by atoms with E-state index in [1.54, 1.807) is 18.5 Å². The lowest BCUT2D eigenvalue weighted by atomic mass is 10.0. The maximum Gasteiger partial charge on any atom is 0.234 e. The van der Waals surface area contributed by atoms with E-state index in [1.807, 2.05) is 47.9 Å². The zero-order chi connectivity index (χ0) is 20.9. The van der Waals surface area contributed by atoms with Gasteiger partial charge in [0.1, 0.15) is 12.4 Å². The fourth-order valence-corrected chi connectivity index (χ4v) is 4.65. The molecule has 30 heavy (non-hydrogen) atoms. The van der Waals surface area contributed by atoms with Crippen LogP contribution in [0.4, 0.5) is 5.69 Å². The van der Waals surface area contributed by atoms with Gasteiger partial charge in [-0.15, -0.1) is 0 Å². The van der Waals surface area contributed by atoms with Crippen molar-refractivity contribution >= 4 is 21.5 Å². The van der Waals surface area contributed by atoms with E-state index < -0.39 is 10.0 Å². The molecule has 4 heterocycles. The maximum absolute atomic E-state index is 12.3. The number of aryl methyl sites for hydroxylation is 1. The molecule has 1 aliphatic heterocycles. The Morgan fingerprint density at radius 1 is 1.07 bits per heavy atom. The normalized spacial score (nSPS) is 13.9. The monoisotopic (exact) mass is 421 g/mol. The van der Waals surface area contributed by atoms with Crippen LogP contribution in [-0.2, 0) is 10.0 Å². The summed E-state index contributed by atoms with van der Waals surface area (Å²) < 4.78 is 33.6. The summed E-state index contributed by atoms with van der Waals surface area (Å²) in [5.41, 5.74) is 4.71. The van der Waals surface area contributed by atoms with Crippen LogP contribution in [0, 0.1) is 6.92 Å². The van der Waals surface area contributed by atoms with E-state index >= 15 is 0 Å². The number of aromatic nitrogens is 4. The molecule has 0 fully saturated rings. The van der Waals surface area contributed by atoms with Gasteiger partial charge in [0.2, 0.25) is 15.8 Å². The first-order chi connectivity index (χ1) is 14.4. The van der Waals surface area contributed by atoms with Gasteiger partial charge in [-0.25, -0.2) is 18.4 Å². The van der Waals surface area contributed by atoms with Crippen molar-refractivity contribution in [2.75, 3.05) is 23.7 Å². The van der Waals surface area contributed by atoms with E-state index in [0.29, 0.717) is 23.8 Å². The summed E-state index contributed by atoms with van der Waals surface area (Å²) in [6.07, 6.45) is 6.54. The number of hydrogen-bond donors (Lipinski definition) is 0. The summed E-state index contributed by atoms with van der Waals surface area (Å²) in [5.74, 6) is 1.11. The van der Waals surface area contributed by atoms with E-state index in [-0.39, 0.29) is 6.54 Å². The minimum absolute atomic E-state index is 0.278. The van der Waals surface area contributed by atoms with Crippen molar-refractivity contribution in [1.82, 2.24) is 19.4 Å². The summed E-state index contributed by atoms with van der Waals surface area (Å²) in [7, 11) is -3.42. The summed E-state index contributed by atoms with van der Waals surface area (Å²) >= 11 is 0. The second-order valence-corrected chi connectivity index (χ2v) is 9.06. The zero-order valence-corrected chi connectivity index (χ0v) is 17.3. The van der Waals surface area contributed by atoms with Gasteiger partial charge in [-0.3, -0.25) is 13.7 Å². The Kier molecular flexibility index (Phi) is 4.21. The van der Waals surface area contributed by atoms with E-state index in [0.717, 1.165) is 28.2 Å². The van der Waals surface area contributed by atoms with Crippen molar-refractivity contribution in [3.63, 3.8) is 0 Å². The lowest BCUT2D eigenvalue weighted by molar-refractivity contribution is 0.316. The fourth-order valence-electron chi connectivity index (χ4n) is 3.74. The quantitative estimate of drug-likeness (QED) is 0.505. The van der Waals surface area contributed by atoms with Crippen LogP contribution in [0.3, 0.4) is 0 Å². The summed E-state index contributed by atoms with van der Waals surface area (Å²) in [5, 5.41) is 0. The average molecular weight is 421 g/mol. The zero-order valence-electron chi connectivity index (χ0n) is 16.5. The van der Waals surface area contributed by atoms with Crippen LogP contribution in [0.2, 0.25) is 0 Å². The maximum atomic E-state index is 12.3. The standard InChI is InChI=1S/C21H19N5O3S/c1-14-12-15(6-8-22-14)19-20(25-9-3-7-23-21(25)24-19)16-4-5-18-17(13-16)26(10-11-29-18)30(2,27)28/h3-9,12-13H,10-11H2,1-2H3. The molecule has 4 aromatic rings. The van der Waals surface area contributed by atoms with Gasteiger partial charge in [-0.05, 0) is 43.3 Å². The third kappa shape index (κ3) is 3.07. The third-order valence-corrected chi connectivity index (χ3v) is 6.21. The highest BCUT2D eigenvalue weighted by Gasteiger charge is 2.27. The predicted octanol–water partition coefficient (Wildman–Crippen LogP) is 2.93. The minimum atomic E-state index is -3.42. The van der Waals surface area contributed by atoms with E-state index in [1.165, 1.54) is 10.6 Å². The van der Waals surface area contributed by atoms with Gasteiger partial charge in [-0.1, -0.05) is 0 Å². The molecule has 0 amide bonds. The summed E-state index contributed by atoms with van der Waals surface area (Å²) in [6, 6.07) is 11.3. The molecule has 152 valence electrons. The average Bonchev–Trinajstić information content (AvgIpc) is 3.12. The Bertz CT molecular complexity index is 1380. The summed E-state index contributed by atoms with van der Waals surface area (Å²) in [6.45, 7) is 2.53. The van der Waals surface area contributed by atoms with Crippen molar-refractivity contribution in [3.8, 4) is 28.3 Å². The molecule has 1 aliphatic rings. The van der Waals surface area contributed by atoms with E-state index in [2.05, 4.69) is 9.97 Å². The number of fused-ring (bicyclic) bond motifs is 2. The van der Waals surface area contributed by atoms with E-state index in [4.69, 9.17) is 9.72 Å². The van der Waals surface area contributed by atoms with Crippen LogP contribution >= 0.6 is 0 Å². The molecule has 0 saturated carbocycles. The fraction of sp³-hybridized carbons (Fsp3) is 0.190. The molecule has 0 spiro atoms. The van der Waals surface area contributed by atoms with Gasteiger partial charge >= 0.3 is 0 Å². The van der Waals surface area contributed by atoms with Crippen molar-refractivity contribution in [3.05, 3.63) is 60.7 Å². The van der Waals surface area contributed by atoms with Crippen LogP contribution in [-0.4, -0.2) is 47.2 Å². The second kappa shape index (κ2) is 6.81. The van der Waals surface area contributed by atoms with Crippen LogP contribution in [0.15, 0.2) is 55.0 Å². The van der Waals surface area contributed by atoms with Gasteiger partial charge in [0, 0.05) is 35.4 Å². The molecule has 9 heteroatoms. The molecule has 0 N–H and O–H groups in total. The first kappa shape index (κ1) is 18.6. The number of anilines is 1. The Hall–Kier alpha value is -3.46. The van der Waals surface area contributed by atoms with Crippen molar-refractivity contribution in [1.29, 1.82) is 0 Å². The number of pyridine rings is 1. The third-order valence-electron chi connectivity index (χ3n) is 5.03. The smallest absolute Gasteiger partial charge is 0.234 e. The SMILES string of the molecule is Cc1cc(-c2nc3ncccn3c2-c2ccc3c(c2)N(S(C)(=O)=O)CCO3)ccn1. The Morgan fingerprint density at radius 2 is 1.93 bits per heavy atom. The molecule has 0 radical (unpaired) electrons. The number of rotatable bonds is 3. The van der Waals surface area contributed by atoms with Gasteiger partial charge < -0.3 is 4.74 Å². The van der Waals surface area contributed by atoms with Gasteiger partial charge in [-0.2, -0.15) is 0 Å². The molecule has 0 unspecified atom stereocenters. The van der Waals surface area contributed by atoms with Crippen molar-refractivity contribution < 1.29 is 13.2 Å². The first-order valence-corrected chi connectivity index (χ1v) is 11.3. The molecule has 1 aromatic carbocycles. The Morgan fingerprint density at radius 3 is 2.73 bits per heavy atom. The highest BCUT2D eigenvalue weighted by atomic mass is 32.2. The molecular weight excluding hydrogens is 402 g/mol. The number of nitrogens with zero attached hydrogens (tertiary/aromatic N) is 5. The number of benzene rings is 1. The molecule has 3 aromatic heterocycles. The molecule has 8 nitrogen and oxygen atoms in total. The van der Waals surface area contributed by atoms with Crippen molar-refractivity contribution in [2.24, 2.45) is 0 Å². The molecule has 0 saturated heterocycles. The number of sulfonamides is 1. The largest absolute Gasteiger partial charge is 0.489 e. The number of hydrogen-bond acceptors (Lipinski definition) is 6. The predicted molar refractivity (Wildman–Crippen MR) is 114 cm³/mol. The molecule has 5 rings (SSSR count). The topological polar surface area (TPSA) is 89.7 Å². The van der Waals surface area contributed by atoms with Gasteiger partial charge in [0.25, 0.3) is 0 Å². The highest BCUT2D eigenvalue weighted by molar-refractivity contribution is 7.92. The van der Waals surface area contributed by atoms with Crippen LogP contribution < -0.4 is 9.04 Å². The van der Waals surface area contributed by atoms with Gasteiger partial charge in [0.05, 0.1) is 29.9 Å². The van der Waals surface area contributed by atoms with Crippen LogP contribution in [0.1, 0.15) is 5.69 Å². The first-order valence-electron chi connectivity index (χ1n) is 9.43. The lowest BCUT2D eigenvalue weighted by Gasteiger charge is -2.29. The Balaban J connectivity index is 1.77. The van der Waals surface area contributed by atoms with Crippen LogP contribution in [0.25, 0.3) is 28.3 Å². The summed E-state index contributed by atoms with van der Waals surface area (Å²) in [4.78, 5) is 13.4. The Labute approximate surface area is 173 Å². The van der Waals surface area contributed by atoms with E-state index in [9.17, 15) is 8.42 Å². The van der Waals surface area contributed by atoms with Crippen molar-refractivity contribution in [2.45, 2.75) is 6.92 Å².